The number of hydrogen-bond donors (Lipinski definition) is 2. The van der Waals surface area contributed by atoms with E-state index in [0.29, 0.717) is 22.5 Å². The Labute approximate surface area is 204 Å². The van der Waals surface area contributed by atoms with Crippen molar-refractivity contribution in [2.45, 2.75) is 43.9 Å². The number of benzene rings is 1. The van der Waals surface area contributed by atoms with Crippen LogP contribution in [-0.4, -0.2) is 51.9 Å². The van der Waals surface area contributed by atoms with E-state index >= 15 is 0 Å². The number of rotatable bonds is 6. The van der Waals surface area contributed by atoms with E-state index in [0.717, 1.165) is 59.5 Å². The van der Waals surface area contributed by atoms with Gasteiger partial charge in [-0.05, 0) is 47.7 Å². The second-order valence-electron chi connectivity index (χ2n) is 9.02. The quantitative estimate of drug-likeness (QED) is 0.504. The number of halogens is 3. The fourth-order valence-corrected chi connectivity index (χ4v) is 5.94. The lowest BCUT2D eigenvalue weighted by Gasteiger charge is -2.37. The van der Waals surface area contributed by atoms with Crippen molar-refractivity contribution in [3.8, 4) is 6.07 Å². The van der Waals surface area contributed by atoms with E-state index in [1.54, 1.807) is 0 Å². The number of aliphatic hydroxyl groups excluding tert-OH is 1. The molecule has 0 bridgehead atoms. The zero-order valence-corrected chi connectivity index (χ0v) is 19.7. The summed E-state index contributed by atoms with van der Waals surface area (Å²) in [7, 11) is 0. The molecule has 10 heteroatoms. The largest absolute Gasteiger partial charge is 0.394 e. The van der Waals surface area contributed by atoms with Gasteiger partial charge < -0.3 is 10.4 Å². The molecule has 1 aliphatic carbocycles. The topological polar surface area (TPSA) is 85.1 Å². The van der Waals surface area contributed by atoms with Crippen LogP contribution in [0.3, 0.4) is 0 Å². The molecule has 6 nitrogen and oxygen atoms in total. The van der Waals surface area contributed by atoms with Gasteiger partial charge in [0.2, 0.25) is 0 Å². The summed E-state index contributed by atoms with van der Waals surface area (Å²) in [4.78, 5) is 11.5. The molecule has 3 aromatic rings. The predicted molar refractivity (Wildman–Crippen MR) is 129 cm³/mol. The summed E-state index contributed by atoms with van der Waals surface area (Å²) in [6.45, 7) is 1.52. The lowest BCUT2D eigenvalue weighted by Crippen LogP contribution is -2.42. The van der Waals surface area contributed by atoms with Crippen molar-refractivity contribution in [3.63, 3.8) is 0 Å². The Balaban J connectivity index is 1.25. The third-order valence-corrected chi connectivity index (χ3v) is 7.69. The number of fused-ring (bicyclic) bond motifs is 2. The molecule has 3 heterocycles. The number of nitrogens with one attached hydrogen (secondary N) is 1. The van der Waals surface area contributed by atoms with Crippen molar-refractivity contribution < 1.29 is 18.3 Å². The summed E-state index contributed by atoms with van der Waals surface area (Å²) in [6.07, 6.45) is 0.350. The molecule has 2 aliphatic rings. The van der Waals surface area contributed by atoms with Crippen LogP contribution in [0.5, 0.6) is 0 Å². The Kier molecular flexibility index (Phi) is 6.49. The number of likely N-dealkylation sites (tertiary alicyclic amines) is 1. The van der Waals surface area contributed by atoms with Gasteiger partial charge in [0.05, 0.1) is 30.5 Å². The van der Waals surface area contributed by atoms with Crippen LogP contribution in [0.2, 0.25) is 0 Å². The molecule has 5 rings (SSSR count). The SMILES string of the molecule is N#CC1=Cc2cc(C(CO)N3CCC(Nc4ncnc5sc(CC(F)(F)F)cc45)CC3)ccc2C1. The first kappa shape index (κ1) is 23.7. The number of alkyl halides is 3. The smallest absolute Gasteiger partial charge is 0.393 e. The third kappa shape index (κ3) is 5.17. The molecule has 0 amide bonds. The molecular weight excluding hydrogens is 475 g/mol. The van der Waals surface area contributed by atoms with E-state index < -0.39 is 12.6 Å². The van der Waals surface area contributed by atoms with Crippen molar-refractivity contribution in [1.82, 2.24) is 14.9 Å². The minimum absolute atomic E-state index is 0.00484. The van der Waals surface area contributed by atoms with Gasteiger partial charge in [-0.2, -0.15) is 18.4 Å². The normalized spacial score (nSPS) is 17.7. The van der Waals surface area contributed by atoms with Crippen LogP contribution in [0.25, 0.3) is 16.3 Å². The van der Waals surface area contributed by atoms with Gasteiger partial charge in [-0.15, -0.1) is 11.3 Å². The van der Waals surface area contributed by atoms with Crippen LogP contribution < -0.4 is 5.32 Å². The van der Waals surface area contributed by atoms with Crippen molar-refractivity contribution in [2.24, 2.45) is 0 Å². The molecular formula is C25H24F3N5OS. The first-order chi connectivity index (χ1) is 16.8. The first-order valence-electron chi connectivity index (χ1n) is 11.5. The molecule has 1 fully saturated rings. The van der Waals surface area contributed by atoms with Crippen LogP contribution >= 0.6 is 11.3 Å². The summed E-state index contributed by atoms with van der Waals surface area (Å²) in [5, 5.41) is 23.4. The Hall–Kier alpha value is -3.00. The van der Waals surface area contributed by atoms with Gasteiger partial charge in [0.25, 0.3) is 0 Å². The monoisotopic (exact) mass is 499 g/mol. The summed E-state index contributed by atoms with van der Waals surface area (Å²) in [5.74, 6) is 0.565. The van der Waals surface area contributed by atoms with E-state index in [-0.39, 0.29) is 23.6 Å². The zero-order chi connectivity index (χ0) is 24.6. The van der Waals surface area contributed by atoms with E-state index in [1.165, 1.54) is 12.4 Å². The van der Waals surface area contributed by atoms with Crippen LogP contribution in [0, 0.1) is 11.3 Å². The highest BCUT2D eigenvalue weighted by atomic mass is 32.1. The number of aromatic nitrogens is 2. The van der Waals surface area contributed by atoms with Crippen molar-refractivity contribution in [3.05, 3.63) is 57.7 Å². The number of allylic oxidation sites excluding steroid dienone is 1. The third-order valence-electron chi connectivity index (χ3n) is 6.65. The fourth-order valence-electron chi connectivity index (χ4n) is 4.92. The van der Waals surface area contributed by atoms with Gasteiger partial charge in [-0.25, -0.2) is 9.97 Å². The Bertz CT molecular complexity index is 1300. The maximum Gasteiger partial charge on any atom is 0.393 e. The Morgan fingerprint density at radius 2 is 2.03 bits per heavy atom. The van der Waals surface area contributed by atoms with Crippen LogP contribution in [0.4, 0.5) is 19.0 Å². The molecule has 2 N–H and O–H groups in total. The zero-order valence-electron chi connectivity index (χ0n) is 18.8. The van der Waals surface area contributed by atoms with Crippen LogP contribution in [0.1, 0.15) is 40.5 Å². The predicted octanol–water partition coefficient (Wildman–Crippen LogP) is 4.87. The number of anilines is 1. The van der Waals surface area contributed by atoms with Gasteiger partial charge in [0, 0.05) is 36.0 Å². The molecule has 1 saturated heterocycles. The molecule has 1 unspecified atom stereocenters. The number of piperidine rings is 1. The molecule has 35 heavy (non-hydrogen) atoms. The van der Waals surface area contributed by atoms with E-state index in [4.69, 9.17) is 0 Å². The van der Waals surface area contributed by atoms with Crippen LogP contribution in [0.15, 0.2) is 36.2 Å². The lowest BCUT2D eigenvalue weighted by molar-refractivity contribution is -0.126. The maximum atomic E-state index is 12.8. The van der Waals surface area contributed by atoms with Crippen LogP contribution in [-0.2, 0) is 12.8 Å². The molecule has 0 radical (unpaired) electrons. The fraction of sp³-hybridized carbons (Fsp3) is 0.400. The van der Waals surface area contributed by atoms with Crippen molar-refractivity contribution >= 4 is 33.4 Å². The first-order valence-corrected chi connectivity index (χ1v) is 12.3. The minimum atomic E-state index is -4.26. The van der Waals surface area contributed by atoms with Gasteiger partial charge in [-0.1, -0.05) is 12.1 Å². The Morgan fingerprint density at radius 1 is 1.23 bits per heavy atom. The average Bonchev–Trinajstić information content (AvgIpc) is 3.43. The highest BCUT2D eigenvalue weighted by molar-refractivity contribution is 7.18. The van der Waals surface area contributed by atoms with E-state index in [9.17, 15) is 23.5 Å². The number of aliphatic hydroxyl groups is 1. The molecule has 1 atom stereocenters. The van der Waals surface area contributed by atoms with Gasteiger partial charge >= 0.3 is 6.18 Å². The van der Waals surface area contributed by atoms with E-state index in [2.05, 4.69) is 32.3 Å². The highest BCUT2D eigenvalue weighted by Gasteiger charge is 2.30. The number of thiophene rings is 1. The summed E-state index contributed by atoms with van der Waals surface area (Å²) in [6, 6.07) is 9.88. The molecule has 182 valence electrons. The molecule has 0 spiro atoms. The molecule has 0 saturated carbocycles. The van der Waals surface area contributed by atoms with Crippen molar-refractivity contribution in [1.29, 1.82) is 5.26 Å². The highest BCUT2D eigenvalue weighted by Crippen LogP contribution is 2.34. The summed E-state index contributed by atoms with van der Waals surface area (Å²) >= 11 is 1.05. The minimum Gasteiger partial charge on any atom is -0.394 e. The average molecular weight is 500 g/mol. The lowest BCUT2D eigenvalue weighted by atomic mass is 9.97. The van der Waals surface area contributed by atoms with Crippen molar-refractivity contribution in [2.75, 3.05) is 25.0 Å². The number of hydrogen-bond acceptors (Lipinski definition) is 7. The number of nitriles is 1. The molecule has 2 aromatic heterocycles. The van der Waals surface area contributed by atoms with Gasteiger partial charge in [-0.3, -0.25) is 4.90 Å². The summed E-state index contributed by atoms with van der Waals surface area (Å²) < 4.78 is 38.4. The second-order valence-corrected chi connectivity index (χ2v) is 10.1. The van der Waals surface area contributed by atoms with Gasteiger partial charge in [0.1, 0.15) is 17.0 Å². The van der Waals surface area contributed by atoms with Gasteiger partial charge in [0.15, 0.2) is 0 Å². The Morgan fingerprint density at radius 3 is 2.74 bits per heavy atom. The second kappa shape index (κ2) is 9.57. The van der Waals surface area contributed by atoms with E-state index in [1.807, 2.05) is 18.2 Å². The maximum absolute atomic E-state index is 12.8. The molecule has 1 aromatic carbocycles. The summed E-state index contributed by atoms with van der Waals surface area (Å²) in [5.41, 5.74) is 3.95. The number of nitrogens with zero attached hydrogens (tertiary/aromatic N) is 4. The standard InChI is InChI=1S/C25H24F3N5OS/c26-25(27,28)11-20-10-21-23(30-14-31-24(21)35-20)32-19-3-5-33(6-4-19)22(13-34)17-2-1-16-7-15(12-29)8-18(16)9-17/h1-2,8-10,14,19,22,34H,3-7,11,13H2,(H,30,31,32). The molecule has 1 aliphatic heterocycles.